The van der Waals surface area contributed by atoms with Gasteiger partial charge in [0.15, 0.2) is 5.96 Å². The first-order valence-electron chi connectivity index (χ1n) is 10.3. The fraction of sp³-hybridized carbons (Fsp3) is 0.409. The second-order valence-corrected chi connectivity index (χ2v) is 6.88. The zero-order valence-electron chi connectivity index (χ0n) is 18.1. The van der Waals surface area contributed by atoms with E-state index in [1.54, 1.807) is 31.6 Å². The minimum absolute atomic E-state index is 0. The molecule has 0 spiro atoms. The summed E-state index contributed by atoms with van der Waals surface area (Å²) in [5.74, 6) is 1.65. The number of carbonyl (C=O) groups excluding carboxylic acids is 1. The molecule has 3 rings (SSSR count). The average Bonchev–Trinajstić information content (AvgIpc) is 2.81. The zero-order chi connectivity index (χ0) is 21.2. The minimum Gasteiger partial charge on any atom is -0.495 e. The Morgan fingerprint density at radius 3 is 2.58 bits per heavy atom. The topological polar surface area (TPSA) is 82.1 Å². The number of hydrogen-bond donors (Lipinski definition) is 2. The number of ether oxygens (including phenoxy) is 1. The van der Waals surface area contributed by atoms with Crippen LogP contribution >= 0.6 is 24.0 Å². The van der Waals surface area contributed by atoms with E-state index in [1.165, 1.54) is 0 Å². The van der Waals surface area contributed by atoms with Crippen LogP contribution in [-0.4, -0.2) is 74.7 Å². The highest BCUT2D eigenvalue weighted by atomic mass is 127. The van der Waals surface area contributed by atoms with E-state index >= 15 is 0 Å². The van der Waals surface area contributed by atoms with Gasteiger partial charge in [-0.15, -0.1) is 24.0 Å². The highest BCUT2D eigenvalue weighted by Gasteiger charge is 2.21. The molecule has 2 heterocycles. The number of anilines is 1. The summed E-state index contributed by atoms with van der Waals surface area (Å²) < 4.78 is 5.50. The lowest BCUT2D eigenvalue weighted by atomic mass is 10.2. The second-order valence-electron chi connectivity index (χ2n) is 6.88. The van der Waals surface area contributed by atoms with Crippen molar-refractivity contribution in [1.82, 2.24) is 20.5 Å². The van der Waals surface area contributed by atoms with E-state index in [-0.39, 0.29) is 29.9 Å². The molecule has 0 bridgehead atoms. The SMILES string of the molecule is CCNC(=NCCNC(=O)c1cccnc1)N1CCN(c2ccccc2OC)CC1.I. The van der Waals surface area contributed by atoms with Crippen molar-refractivity contribution in [1.29, 1.82) is 0 Å². The molecule has 1 aromatic carbocycles. The quantitative estimate of drug-likeness (QED) is 0.244. The van der Waals surface area contributed by atoms with Crippen molar-refractivity contribution >= 4 is 41.5 Å². The molecular weight excluding hydrogens is 507 g/mol. The second kappa shape index (κ2) is 13.0. The van der Waals surface area contributed by atoms with E-state index in [9.17, 15) is 4.79 Å². The third kappa shape index (κ3) is 6.98. The van der Waals surface area contributed by atoms with Crippen LogP contribution in [0.25, 0.3) is 0 Å². The van der Waals surface area contributed by atoms with E-state index < -0.39 is 0 Å². The molecule has 1 aromatic heterocycles. The number of aromatic nitrogens is 1. The molecule has 0 saturated carbocycles. The average molecular weight is 538 g/mol. The van der Waals surface area contributed by atoms with Gasteiger partial charge in [0, 0.05) is 51.7 Å². The van der Waals surface area contributed by atoms with Crippen LogP contribution in [0, 0.1) is 0 Å². The lowest BCUT2D eigenvalue weighted by Crippen LogP contribution is -2.52. The summed E-state index contributed by atoms with van der Waals surface area (Å²) in [7, 11) is 1.71. The summed E-state index contributed by atoms with van der Waals surface area (Å²) in [6.45, 7) is 7.37. The van der Waals surface area contributed by atoms with Crippen molar-refractivity contribution in [3.8, 4) is 5.75 Å². The maximum atomic E-state index is 12.1. The van der Waals surface area contributed by atoms with Gasteiger partial charge < -0.3 is 25.2 Å². The molecule has 1 fully saturated rings. The summed E-state index contributed by atoms with van der Waals surface area (Å²) in [5, 5.41) is 6.25. The number of nitrogens with zero attached hydrogens (tertiary/aromatic N) is 4. The molecule has 2 aromatic rings. The van der Waals surface area contributed by atoms with Crippen molar-refractivity contribution < 1.29 is 9.53 Å². The maximum Gasteiger partial charge on any atom is 0.252 e. The molecule has 2 N–H and O–H groups in total. The number of methoxy groups -OCH3 is 1. The molecule has 0 atom stereocenters. The Bertz CT molecular complexity index is 841. The molecule has 31 heavy (non-hydrogen) atoms. The Morgan fingerprint density at radius 1 is 1.13 bits per heavy atom. The number of aliphatic imine (C=N–C) groups is 1. The molecule has 8 nitrogen and oxygen atoms in total. The van der Waals surface area contributed by atoms with Crippen LogP contribution in [0.15, 0.2) is 53.8 Å². The zero-order valence-corrected chi connectivity index (χ0v) is 20.4. The number of rotatable bonds is 7. The molecule has 168 valence electrons. The van der Waals surface area contributed by atoms with Crippen molar-refractivity contribution in [2.24, 2.45) is 4.99 Å². The van der Waals surface area contributed by atoms with Crippen LogP contribution < -0.4 is 20.3 Å². The van der Waals surface area contributed by atoms with Crippen molar-refractivity contribution in [3.05, 3.63) is 54.4 Å². The van der Waals surface area contributed by atoms with Crippen LogP contribution in [0.5, 0.6) is 5.75 Å². The largest absolute Gasteiger partial charge is 0.495 e. The summed E-state index contributed by atoms with van der Waals surface area (Å²) in [4.78, 5) is 25.4. The first-order chi connectivity index (χ1) is 14.7. The number of guanidine groups is 1. The van der Waals surface area contributed by atoms with Gasteiger partial charge in [0.05, 0.1) is 24.9 Å². The fourth-order valence-corrected chi connectivity index (χ4v) is 3.41. The van der Waals surface area contributed by atoms with Gasteiger partial charge >= 0.3 is 0 Å². The van der Waals surface area contributed by atoms with Crippen LogP contribution in [0.2, 0.25) is 0 Å². The van der Waals surface area contributed by atoms with Gasteiger partial charge in [-0.1, -0.05) is 12.1 Å². The van der Waals surface area contributed by atoms with Gasteiger partial charge in [-0.05, 0) is 31.2 Å². The molecule has 1 amide bonds. The third-order valence-corrected chi connectivity index (χ3v) is 4.92. The summed E-state index contributed by atoms with van der Waals surface area (Å²) in [5.41, 5.74) is 1.68. The first-order valence-corrected chi connectivity index (χ1v) is 10.3. The highest BCUT2D eigenvalue weighted by molar-refractivity contribution is 14.0. The molecular formula is C22H31IN6O2. The molecule has 0 unspecified atom stereocenters. The van der Waals surface area contributed by atoms with E-state index in [4.69, 9.17) is 9.73 Å². The number of piperazine rings is 1. The van der Waals surface area contributed by atoms with Gasteiger partial charge in [-0.2, -0.15) is 0 Å². The molecule has 9 heteroatoms. The monoisotopic (exact) mass is 538 g/mol. The number of pyridine rings is 1. The first kappa shape index (κ1) is 24.7. The molecule has 0 aliphatic carbocycles. The Morgan fingerprint density at radius 2 is 1.90 bits per heavy atom. The van der Waals surface area contributed by atoms with Crippen LogP contribution in [-0.2, 0) is 0 Å². The van der Waals surface area contributed by atoms with Gasteiger partial charge in [0.25, 0.3) is 5.91 Å². The van der Waals surface area contributed by atoms with Crippen molar-refractivity contribution in [3.63, 3.8) is 0 Å². The number of hydrogen-bond acceptors (Lipinski definition) is 5. The Hall–Kier alpha value is -2.56. The molecule has 1 aliphatic heterocycles. The van der Waals surface area contributed by atoms with Crippen LogP contribution in [0.4, 0.5) is 5.69 Å². The van der Waals surface area contributed by atoms with Gasteiger partial charge in [-0.3, -0.25) is 14.8 Å². The van der Waals surface area contributed by atoms with Gasteiger partial charge in [0.1, 0.15) is 5.75 Å². The van der Waals surface area contributed by atoms with Crippen molar-refractivity contribution in [2.45, 2.75) is 6.92 Å². The van der Waals surface area contributed by atoms with Gasteiger partial charge in [0.2, 0.25) is 0 Å². The van der Waals surface area contributed by atoms with E-state index in [2.05, 4.69) is 38.4 Å². The van der Waals surface area contributed by atoms with E-state index in [1.807, 2.05) is 18.2 Å². The molecule has 1 aliphatic rings. The Balaban J connectivity index is 0.00000341. The predicted molar refractivity (Wildman–Crippen MR) is 135 cm³/mol. The Labute approximate surface area is 201 Å². The summed E-state index contributed by atoms with van der Waals surface area (Å²) in [6, 6.07) is 11.6. The maximum absolute atomic E-state index is 12.1. The van der Waals surface area contributed by atoms with Crippen LogP contribution in [0.1, 0.15) is 17.3 Å². The lowest BCUT2D eigenvalue weighted by molar-refractivity contribution is 0.0954. The number of amides is 1. The minimum atomic E-state index is -0.131. The highest BCUT2D eigenvalue weighted by Crippen LogP contribution is 2.28. The number of benzene rings is 1. The summed E-state index contributed by atoms with van der Waals surface area (Å²) >= 11 is 0. The van der Waals surface area contributed by atoms with Crippen molar-refractivity contribution in [2.75, 3.05) is 57.8 Å². The normalized spacial score (nSPS) is 13.9. The molecule has 0 radical (unpaired) electrons. The van der Waals surface area contributed by atoms with E-state index in [0.29, 0.717) is 18.7 Å². The van der Waals surface area contributed by atoms with Crippen LogP contribution in [0.3, 0.4) is 0 Å². The van der Waals surface area contributed by atoms with E-state index in [0.717, 1.165) is 50.1 Å². The smallest absolute Gasteiger partial charge is 0.252 e. The number of halogens is 1. The third-order valence-electron chi connectivity index (χ3n) is 4.92. The Kier molecular flexibility index (Phi) is 10.3. The standard InChI is InChI=1S/C22H30N6O2.HI/c1-3-24-22(26-12-11-25-21(29)18-7-6-10-23-17-18)28-15-13-27(14-16-28)19-8-4-5-9-20(19)30-2;/h4-10,17H,3,11-16H2,1-2H3,(H,24,26)(H,25,29);1H. The fourth-order valence-electron chi connectivity index (χ4n) is 3.41. The number of carbonyl (C=O) groups is 1. The molecule has 1 saturated heterocycles. The van der Waals surface area contributed by atoms with Gasteiger partial charge in [-0.25, -0.2) is 0 Å². The number of nitrogens with one attached hydrogen (secondary N) is 2. The number of para-hydroxylation sites is 2. The summed E-state index contributed by atoms with van der Waals surface area (Å²) in [6.07, 6.45) is 3.21. The predicted octanol–water partition coefficient (Wildman–Crippen LogP) is 2.23. The lowest BCUT2D eigenvalue weighted by Gasteiger charge is -2.38.